The standard InChI is InChI=1S/C24H36O/c1-2-3-4-5-6-7-8-9-10-11-12-13-14-15-19-22-24(25)23-20-17-16-18-21-23/h6-7,9-10,16-18,20-21H,2-5,8,11-15,19,22H2,1H3/b7-6-,10-9-. The molecule has 1 heteroatoms. The first kappa shape index (κ1) is 21.4. The first-order valence-electron chi connectivity index (χ1n) is 10.2. The molecule has 0 aliphatic carbocycles. The summed E-state index contributed by atoms with van der Waals surface area (Å²) in [6, 6.07) is 9.64. The van der Waals surface area contributed by atoms with E-state index < -0.39 is 0 Å². The predicted octanol–water partition coefficient (Wildman–Crippen LogP) is 7.68. The van der Waals surface area contributed by atoms with E-state index in [0.717, 1.165) is 18.4 Å². The van der Waals surface area contributed by atoms with Gasteiger partial charge in [-0.25, -0.2) is 0 Å². The Kier molecular flexibility index (Phi) is 13.6. The molecular weight excluding hydrogens is 304 g/mol. The summed E-state index contributed by atoms with van der Waals surface area (Å²) in [6.45, 7) is 2.25. The Bertz CT molecular complexity index is 484. The summed E-state index contributed by atoms with van der Waals surface area (Å²) in [6.07, 6.45) is 23.3. The number of Topliss-reactive ketones (excluding diaryl/α,β-unsaturated/α-hetero) is 1. The second-order valence-corrected chi connectivity index (χ2v) is 6.77. The monoisotopic (exact) mass is 340 g/mol. The number of carbonyl (C=O) groups excluding carboxylic acids is 1. The van der Waals surface area contributed by atoms with Crippen LogP contribution in [0.25, 0.3) is 0 Å². The van der Waals surface area contributed by atoms with Crippen molar-refractivity contribution in [1.82, 2.24) is 0 Å². The van der Waals surface area contributed by atoms with Gasteiger partial charge < -0.3 is 0 Å². The zero-order valence-electron chi connectivity index (χ0n) is 16.1. The van der Waals surface area contributed by atoms with Crippen LogP contribution in [0.3, 0.4) is 0 Å². The lowest BCUT2D eigenvalue weighted by Gasteiger charge is -2.01. The van der Waals surface area contributed by atoms with Crippen molar-refractivity contribution in [1.29, 1.82) is 0 Å². The Balaban J connectivity index is 1.88. The molecule has 0 bridgehead atoms. The summed E-state index contributed by atoms with van der Waals surface area (Å²) in [5.74, 6) is 0.284. The lowest BCUT2D eigenvalue weighted by atomic mass is 10.0. The van der Waals surface area contributed by atoms with Crippen LogP contribution in [-0.4, -0.2) is 5.78 Å². The van der Waals surface area contributed by atoms with Crippen molar-refractivity contribution in [3.63, 3.8) is 0 Å². The lowest BCUT2D eigenvalue weighted by molar-refractivity contribution is 0.0979. The van der Waals surface area contributed by atoms with E-state index in [1.54, 1.807) is 0 Å². The second-order valence-electron chi connectivity index (χ2n) is 6.77. The molecular formula is C24H36O. The van der Waals surface area contributed by atoms with E-state index >= 15 is 0 Å². The molecule has 138 valence electrons. The van der Waals surface area contributed by atoms with Gasteiger partial charge in [0, 0.05) is 12.0 Å². The van der Waals surface area contributed by atoms with E-state index in [4.69, 9.17) is 0 Å². The number of hydrogen-bond acceptors (Lipinski definition) is 1. The summed E-state index contributed by atoms with van der Waals surface area (Å²) in [7, 11) is 0. The molecule has 0 fully saturated rings. The van der Waals surface area contributed by atoms with Crippen LogP contribution in [0.5, 0.6) is 0 Å². The molecule has 0 heterocycles. The minimum atomic E-state index is 0.284. The Morgan fingerprint density at radius 2 is 1.36 bits per heavy atom. The highest BCUT2D eigenvalue weighted by Gasteiger charge is 2.03. The Morgan fingerprint density at radius 1 is 0.760 bits per heavy atom. The van der Waals surface area contributed by atoms with Crippen LogP contribution in [0.1, 0.15) is 94.3 Å². The number of hydrogen-bond donors (Lipinski definition) is 0. The van der Waals surface area contributed by atoms with Gasteiger partial charge in [-0.3, -0.25) is 4.79 Å². The molecule has 1 rings (SSSR count). The fraction of sp³-hybridized carbons (Fsp3) is 0.542. The summed E-state index contributed by atoms with van der Waals surface area (Å²) in [4.78, 5) is 12.0. The lowest BCUT2D eigenvalue weighted by Crippen LogP contribution is -1.98. The van der Waals surface area contributed by atoms with Crippen molar-refractivity contribution < 1.29 is 4.79 Å². The van der Waals surface area contributed by atoms with Crippen LogP contribution in [-0.2, 0) is 0 Å². The highest BCUT2D eigenvalue weighted by atomic mass is 16.1. The maximum absolute atomic E-state index is 12.0. The summed E-state index contributed by atoms with van der Waals surface area (Å²) < 4.78 is 0. The molecule has 0 N–H and O–H groups in total. The molecule has 0 amide bonds. The fourth-order valence-corrected chi connectivity index (χ4v) is 2.87. The molecule has 0 aliphatic rings. The average molecular weight is 341 g/mol. The van der Waals surface area contributed by atoms with Gasteiger partial charge in [-0.15, -0.1) is 0 Å². The summed E-state index contributed by atoms with van der Waals surface area (Å²) in [5.41, 5.74) is 0.854. The number of ketones is 1. The maximum atomic E-state index is 12.0. The van der Waals surface area contributed by atoms with Gasteiger partial charge in [0.1, 0.15) is 0 Å². The fourth-order valence-electron chi connectivity index (χ4n) is 2.87. The first-order valence-corrected chi connectivity index (χ1v) is 10.2. The van der Waals surface area contributed by atoms with Crippen molar-refractivity contribution in [3.05, 3.63) is 60.2 Å². The minimum absolute atomic E-state index is 0.284. The zero-order chi connectivity index (χ0) is 18.0. The van der Waals surface area contributed by atoms with Gasteiger partial charge in [-0.1, -0.05) is 93.7 Å². The number of unbranched alkanes of at least 4 members (excludes halogenated alkanes) is 8. The van der Waals surface area contributed by atoms with Crippen molar-refractivity contribution in [3.8, 4) is 0 Å². The molecule has 0 aromatic heterocycles. The smallest absolute Gasteiger partial charge is 0.162 e. The average Bonchev–Trinajstić information content (AvgIpc) is 2.65. The highest BCUT2D eigenvalue weighted by molar-refractivity contribution is 5.95. The number of benzene rings is 1. The van der Waals surface area contributed by atoms with E-state index in [0.29, 0.717) is 6.42 Å². The largest absolute Gasteiger partial charge is 0.294 e. The van der Waals surface area contributed by atoms with Crippen LogP contribution in [0.2, 0.25) is 0 Å². The van der Waals surface area contributed by atoms with Crippen molar-refractivity contribution >= 4 is 5.78 Å². The molecule has 1 aromatic carbocycles. The van der Waals surface area contributed by atoms with Crippen molar-refractivity contribution in [2.75, 3.05) is 0 Å². The molecule has 0 atom stereocenters. The Morgan fingerprint density at radius 3 is 2.04 bits per heavy atom. The number of carbonyl (C=O) groups is 1. The van der Waals surface area contributed by atoms with Crippen LogP contribution >= 0.6 is 0 Å². The van der Waals surface area contributed by atoms with E-state index in [1.165, 1.54) is 57.8 Å². The van der Waals surface area contributed by atoms with Crippen molar-refractivity contribution in [2.24, 2.45) is 0 Å². The molecule has 0 aliphatic heterocycles. The van der Waals surface area contributed by atoms with Crippen molar-refractivity contribution in [2.45, 2.75) is 84.0 Å². The third-order valence-electron chi connectivity index (χ3n) is 4.45. The summed E-state index contributed by atoms with van der Waals surface area (Å²) >= 11 is 0. The van der Waals surface area contributed by atoms with Gasteiger partial charge in [-0.2, -0.15) is 0 Å². The molecule has 0 radical (unpaired) electrons. The van der Waals surface area contributed by atoms with E-state index in [9.17, 15) is 4.79 Å². The zero-order valence-corrected chi connectivity index (χ0v) is 16.1. The molecule has 0 saturated carbocycles. The third-order valence-corrected chi connectivity index (χ3v) is 4.45. The summed E-state index contributed by atoms with van der Waals surface area (Å²) in [5, 5.41) is 0. The normalized spacial score (nSPS) is 11.6. The molecule has 0 spiro atoms. The SMILES string of the molecule is CCCCC/C=C\C/C=C\CCCCCCCC(=O)c1ccccc1. The van der Waals surface area contributed by atoms with Gasteiger partial charge in [0.25, 0.3) is 0 Å². The third kappa shape index (κ3) is 12.4. The first-order chi connectivity index (χ1) is 12.3. The van der Waals surface area contributed by atoms with Gasteiger partial charge in [-0.05, 0) is 38.5 Å². The Labute approximate surface area is 155 Å². The molecule has 0 saturated heterocycles. The van der Waals surface area contributed by atoms with E-state index in [-0.39, 0.29) is 5.78 Å². The molecule has 1 aromatic rings. The molecule has 25 heavy (non-hydrogen) atoms. The van der Waals surface area contributed by atoms with E-state index in [1.807, 2.05) is 30.3 Å². The maximum Gasteiger partial charge on any atom is 0.162 e. The quantitative estimate of drug-likeness (QED) is 0.182. The Hall–Kier alpha value is -1.63. The van der Waals surface area contributed by atoms with Crippen LogP contribution in [0.4, 0.5) is 0 Å². The minimum Gasteiger partial charge on any atom is -0.294 e. The second kappa shape index (κ2) is 15.9. The van der Waals surface area contributed by atoms with Gasteiger partial charge in [0.05, 0.1) is 0 Å². The van der Waals surface area contributed by atoms with Gasteiger partial charge in [0.2, 0.25) is 0 Å². The molecule has 1 nitrogen and oxygen atoms in total. The molecule has 0 unspecified atom stereocenters. The van der Waals surface area contributed by atoms with Crippen LogP contribution in [0.15, 0.2) is 54.6 Å². The number of allylic oxidation sites excluding steroid dienone is 4. The topological polar surface area (TPSA) is 17.1 Å². The van der Waals surface area contributed by atoms with E-state index in [2.05, 4.69) is 31.2 Å². The predicted molar refractivity (Wildman–Crippen MR) is 110 cm³/mol. The van der Waals surface area contributed by atoms with Crippen LogP contribution in [0, 0.1) is 0 Å². The van der Waals surface area contributed by atoms with Gasteiger partial charge >= 0.3 is 0 Å². The number of rotatable bonds is 15. The van der Waals surface area contributed by atoms with Crippen LogP contribution < -0.4 is 0 Å². The van der Waals surface area contributed by atoms with Gasteiger partial charge in [0.15, 0.2) is 5.78 Å². The highest BCUT2D eigenvalue weighted by Crippen LogP contribution is 2.11.